The Hall–Kier alpha value is -0.840. The summed E-state index contributed by atoms with van der Waals surface area (Å²) in [4.78, 5) is 1.30. The highest BCUT2D eigenvalue weighted by atomic mass is 79.9. The van der Waals surface area contributed by atoms with Crippen LogP contribution >= 0.6 is 27.3 Å². The summed E-state index contributed by atoms with van der Waals surface area (Å²) in [7, 11) is 0. The highest BCUT2D eigenvalue weighted by molar-refractivity contribution is 9.10. The van der Waals surface area contributed by atoms with Gasteiger partial charge in [-0.2, -0.15) is 0 Å². The van der Waals surface area contributed by atoms with E-state index < -0.39 is 0 Å². The van der Waals surface area contributed by atoms with Crippen molar-refractivity contribution in [1.29, 1.82) is 0 Å². The Balaban J connectivity index is 1.95. The SMILES string of the molecule is OCCCc1cccc(NCc2sccc2Br)c1. The maximum Gasteiger partial charge on any atom is 0.0505 e. The van der Waals surface area contributed by atoms with Crippen molar-refractivity contribution in [3.05, 3.63) is 50.6 Å². The van der Waals surface area contributed by atoms with E-state index in [2.05, 4.69) is 57.0 Å². The van der Waals surface area contributed by atoms with E-state index in [1.165, 1.54) is 10.4 Å². The number of thiophene rings is 1. The molecule has 0 saturated heterocycles. The second-order valence-corrected chi connectivity index (χ2v) is 5.93. The Kier molecular flexibility index (Phi) is 5.23. The lowest BCUT2D eigenvalue weighted by atomic mass is 10.1. The van der Waals surface area contributed by atoms with Crippen molar-refractivity contribution in [1.82, 2.24) is 0 Å². The molecule has 0 fully saturated rings. The van der Waals surface area contributed by atoms with Crippen LogP contribution in [0.25, 0.3) is 0 Å². The van der Waals surface area contributed by atoms with Gasteiger partial charge < -0.3 is 10.4 Å². The summed E-state index contributed by atoms with van der Waals surface area (Å²) in [6.07, 6.45) is 1.74. The fraction of sp³-hybridized carbons (Fsp3) is 0.286. The first-order chi connectivity index (χ1) is 8.79. The molecule has 0 atom stereocenters. The predicted octanol–water partition coefficient (Wildman–Crippen LogP) is 4.05. The summed E-state index contributed by atoms with van der Waals surface area (Å²) in [6, 6.07) is 10.4. The lowest BCUT2D eigenvalue weighted by Crippen LogP contribution is -1.99. The lowest BCUT2D eigenvalue weighted by Gasteiger charge is -2.07. The van der Waals surface area contributed by atoms with Crippen molar-refractivity contribution < 1.29 is 5.11 Å². The third-order valence-electron chi connectivity index (χ3n) is 2.69. The van der Waals surface area contributed by atoms with Crippen LogP contribution in [-0.4, -0.2) is 11.7 Å². The molecule has 0 radical (unpaired) electrons. The maximum absolute atomic E-state index is 8.84. The van der Waals surface area contributed by atoms with Gasteiger partial charge in [-0.05, 0) is 57.9 Å². The third-order valence-corrected chi connectivity index (χ3v) is 4.62. The second kappa shape index (κ2) is 6.92. The number of rotatable bonds is 6. The highest BCUT2D eigenvalue weighted by Crippen LogP contribution is 2.23. The first kappa shape index (κ1) is 13.6. The van der Waals surface area contributed by atoms with Gasteiger partial charge in [0.05, 0.1) is 6.54 Å². The summed E-state index contributed by atoms with van der Waals surface area (Å²) in [5, 5.41) is 14.3. The first-order valence-electron chi connectivity index (χ1n) is 5.95. The van der Waals surface area contributed by atoms with E-state index in [0.717, 1.165) is 29.5 Å². The minimum absolute atomic E-state index is 0.250. The van der Waals surface area contributed by atoms with E-state index in [0.29, 0.717) is 0 Å². The van der Waals surface area contributed by atoms with Gasteiger partial charge in [0.2, 0.25) is 0 Å². The fourth-order valence-electron chi connectivity index (χ4n) is 1.75. The summed E-state index contributed by atoms with van der Waals surface area (Å²) in [5.41, 5.74) is 2.39. The Morgan fingerprint density at radius 1 is 1.28 bits per heavy atom. The number of aliphatic hydroxyl groups is 1. The molecule has 1 heterocycles. The number of nitrogens with one attached hydrogen (secondary N) is 1. The van der Waals surface area contributed by atoms with Crippen LogP contribution in [-0.2, 0) is 13.0 Å². The van der Waals surface area contributed by atoms with E-state index in [1.54, 1.807) is 11.3 Å². The Bertz CT molecular complexity index is 498. The number of benzene rings is 1. The van der Waals surface area contributed by atoms with Crippen LogP contribution in [0.5, 0.6) is 0 Å². The fourth-order valence-corrected chi connectivity index (χ4v) is 3.19. The van der Waals surface area contributed by atoms with E-state index in [1.807, 2.05) is 0 Å². The summed E-state index contributed by atoms with van der Waals surface area (Å²) >= 11 is 5.28. The molecule has 0 aliphatic rings. The van der Waals surface area contributed by atoms with Gasteiger partial charge in [0.15, 0.2) is 0 Å². The average Bonchev–Trinajstić information content (AvgIpc) is 2.80. The van der Waals surface area contributed by atoms with Crippen LogP contribution < -0.4 is 5.32 Å². The molecule has 2 aromatic rings. The van der Waals surface area contributed by atoms with Gasteiger partial charge in [0, 0.05) is 21.6 Å². The highest BCUT2D eigenvalue weighted by Gasteiger charge is 2.01. The number of hydrogen-bond donors (Lipinski definition) is 2. The standard InChI is InChI=1S/C14H16BrNOS/c15-13-6-8-18-14(13)10-16-12-5-1-3-11(9-12)4-2-7-17/h1,3,5-6,8-9,16-17H,2,4,7,10H2. The minimum Gasteiger partial charge on any atom is -0.396 e. The van der Waals surface area contributed by atoms with Gasteiger partial charge in [-0.3, -0.25) is 0 Å². The molecule has 0 amide bonds. The summed E-state index contributed by atoms with van der Waals surface area (Å²) < 4.78 is 1.16. The number of aliphatic hydroxyl groups excluding tert-OH is 1. The van der Waals surface area contributed by atoms with Gasteiger partial charge in [-0.1, -0.05) is 12.1 Å². The van der Waals surface area contributed by atoms with Gasteiger partial charge >= 0.3 is 0 Å². The van der Waals surface area contributed by atoms with Crippen LogP contribution in [0.3, 0.4) is 0 Å². The molecule has 0 aliphatic heterocycles. The smallest absolute Gasteiger partial charge is 0.0505 e. The second-order valence-electron chi connectivity index (χ2n) is 4.07. The van der Waals surface area contributed by atoms with Crippen LogP contribution in [0.2, 0.25) is 0 Å². The minimum atomic E-state index is 0.250. The Morgan fingerprint density at radius 2 is 2.17 bits per heavy atom. The number of aryl methyl sites for hydroxylation is 1. The van der Waals surface area contributed by atoms with Gasteiger partial charge in [0.25, 0.3) is 0 Å². The van der Waals surface area contributed by atoms with Crippen LogP contribution in [0.4, 0.5) is 5.69 Å². The first-order valence-corrected chi connectivity index (χ1v) is 7.62. The predicted molar refractivity (Wildman–Crippen MR) is 81.2 cm³/mol. The van der Waals surface area contributed by atoms with E-state index in [9.17, 15) is 0 Å². The number of hydrogen-bond acceptors (Lipinski definition) is 3. The molecule has 4 heteroatoms. The molecule has 1 aromatic carbocycles. The molecule has 0 saturated carbocycles. The zero-order valence-corrected chi connectivity index (χ0v) is 12.4. The lowest BCUT2D eigenvalue weighted by molar-refractivity contribution is 0.288. The number of anilines is 1. The van der Waals surface area contributed by atoms with Crippen molar-refractivity contribution in [2.24, 2.45) is 0 Å². The molecule has 18 heavy (non-hydrogen) atoms. The average molecular weight is 326 g/mol. The van der Waals surface area contributed by atoms with Gasteiger partial charge in [0.1, 0.15) is 0 Å². The van der Waals surface area contributed by atoms with Crippen LogP contribution in [0.15, 0.2) is 40.2 Å². The molecule has 96 valence electrons. The number of halogens is 1. The molecule has 1 aromatic heterocycles. The summed E-state index contributed by atoms with van der Waals surface area (Å²) in [6.45, 7) is 1.08. The molecule has 0 aliphatic carbocycles. The van der Waals surface area contributed by atoms with Gasteiger partial charge in [-0.25, -0.2) is 0 Å². The normalized spacial score (nSPS) is 10.6. The molecule has 2 rings (SSSR count). The quantitative estimate of drug-likeness (QED) is 0.839. The largest absolute Gasteiger partial charge is 0.396 e. The molecular weight excluding hydrogens is 310 g/mol. The van der Waals surface area contributed by atoms with Crippen molar-refractivity contribution in [3.63, 3.8) is 0 Å². The zero-order valence-electron chi connectivity index (χ0n) is 10.0. The Labute approximate surface area is 120 Å². The zero-order chi connectivity index (χ0) is 12.8. The van der Waals surface area contributed by atoms with Gasteiger partial charge in [-0.15, -0.1) is 11.3 Å². The molecule has 2 nitrogen and oxygen atoms in total. The van der Waals surface area contributed by atoms with Crippen molar-refractivity contribution >= 4 is 33.0 Å². The third kappa shape index (κ3) is 3.83. The summed E-state index contributed by atoms with van der Waals surface area (Å²) in [5.74, 6) is 0. The maximum atomic E-state index is 8.84. The van der Waals surface area contributed by atoms with Crippen molar-refractivity contribution in [3.8, 4) is 0 Å². The van der Waals surface area contributed by atoms with Crippen LogP contribution in [0.1, 0.15) is 16.9 Å². The van der Waals surface area contributed by atoms with E-state index >= 15 is 0 Å². The Morgan fingerprint density at radius 3 is 2.89 bits per heavy atom. The molecule has 0 unspecified atom stereocenters. The molecule has 0 bridgehead atoms. The van der Waals surface area contributed by atoms with Crippen molar-refractivity contribution in [2.75, 3.05) is 11.9 Å². The molecule has 2 N–H and O–H groups in total. The monoisotopic (exact) mass is 325 g/mol. The van der Waals surface area contributed by atoms with E-state index in [-0.39, 0.29) is 6.61 Å². The topological polar surface area (TPSA) is 32.3 Å². The molecular formula is C14H16BrNOS. The van der Waals surface area contributed by atoms with Crippen LogP contribution in [0, 0.1) is 0 Å². The molecule has 0 spiro atoms. The van der Waals surface area contributed by atoms with Crippen molar-refractivity contribution in [2.45, 2.75) is 19.4 Å². The van der Waals surface area contributed by atoms with E-state index in [4.69, 9.17) is 5.11 Å².